The average Bonchev–Trinajstić information content (AvgIpc) is 3.29. The van der Waals surface area contributed by atoms with Crippen LogP contribution in [0.25, 0.3) is 32.9 Å². The second-order valence-corrected chi connectivity index (χ2v) is 13.9. The number of nitrogens with zero attached hydrogens (tertiary/aromatic N) is 2. The summed E-state index contributed by atoms with van der Waals surface area (Å²) in [5.74, 6) is 0. The van der Waals surface area contributed by atoms with Gasteiger partial charge in [-0.3, -0.25) is 0 Å². The van der Waals surface area contributed by atoms with Crippen molar-refractivity contribution in [2.24, 2.45) is 0 Å². The van der Waals surface area contributed by atoms with E-state index in [1.165, 1.54) is 72.0 Å². The van der Waals surface area contributed by atoms with Crippen molar-refractivity contribution in [2.45, 2.75) is 52.4 Å². The number of rotatable bonds is 1. The van der Waals surface area contributed by atoms with Gasteiger partial charge in [-0.15, -0.1) is 0 Å². The Hall–Kier alpha value is -4.24. The summed E-state index contributed by atoms with van der Waals surface area (Å²) in [6, 6.07) is 39.0. The molecular weight excluding hydrogens is 495 g/mol. The monoisotopic (exact) mass is 530 g/mol. The highest BCUT2D eigenvalue weighted by Gasteiger charge is 2.42. The summed E-state index contributed by atoms with van der Waals surface area (Å²) >= 11 is 0. The molecule has 2 nitrogen and oxygen atoms in total. The van der Waals surface area contributed by atoms with Crippen LogP contribution < -0.4 is 15.8 Å². The van der Waals surface area contributed by atoms with E-state index >= 15 is 0 Å². The standard InChI is InChI=1S/C38H35BN2/c1-37(2,3)24-19-21-32-30(22-24)29-16-10-15-28-27-14-11-17-33-35(27)39(41(32)36(28)29)31-20-18-25(38(4,5)6)23-34(31)40(33)26-12-8-7-9-13-26/h7-23H,1-6H3. The van der Waals surface area contributed by atoms with Crippen LogP contribution in [0.3, 0.4) is 0 Å². The maximum Gasteiger partial charge on any atom is 0.333 e. The zero-order chi connectivity index (χ0) is 28.3. The Balaban J connectivity index is 1.52. The molecule has 3 heterocycles. The van der Waals surface area contributed by atoms with E-state index < -0.39 is 0 Å². The maximum absolute atomic E-state index is 2.65. The average molecular weight is 531 g/mol. The largest absolute Gasteiger partial charge is 0.375 e. The number of para-hydroxylation sites is 2. The van der Waals surface area contributed by atoms with Crippen LogP contribution in [0, 0.1) is 0 Å². The summed E-state index contributed by atoms with van der Waals surface area (Å²) in [5.41, 5.74) is 14.7. The number of fused-ring (bicyclic) bond motifs is 7. The van der Waals surface area contributed by atoms with Crippen LogP contribution >= 0.6 is 0 Å². The lowest BCUT2D eigenvalue weighted by atomic mass is 9.45. The van der Waals surface area contributed by atoms with Gasteiger partial charge in [-0.25, -0.2) is 0 Å². The van der Waals surface area contributed by atoms with Crippen LogP contribution in [0.5, 0.6) is 0 Å². The highest BCUT2D eigenvalue weighted by molar-refractivity contribution is 6.90. The molecule has 0 bridgehead atoms. The van der Waals surface area contributed by atoms with Crippen molar-refractivity contribution in [1.29, 1.82) is 0 Å². The molecule has 0 unspecified atom stereocenters. The minimum absolute atomic E-state index is 0.0510. The summed E-state index contributed by atoms with van der Waals surface area (Å²) in [6.45, 7) is 13.9. The van der Waals surface area contributed by atoms with E-state index in [1.54, 1.807) is 0 Å². The van der Waals surface area contributed by atoms with E-state index in [1.807, 2.05) is 0 Å². The second-order valence-electron chi connectivity index (χ2n) is 13.9. The van der Waals surface area contributed by atoms with Crippen molar-refractivity contribution in [3.8, 4) is 11.1 Å². The minimum atomic E-state index is 0.0510. The zero-order valence-electron chi connectivity index (χ0n) is 24.8. The topological polar surface area (TPSA) is 8.17 Å². The molecule has 0 amide bonds. The van der Waals surface area contributed by atoms with E-state index in [0.29, 0.717) is 0 Å². The highest BCUT2D eigenvalue weighted by Crippen LogP contribution is 2.45. The predicted molar refractivity (Wildman–Crippen MR) is 177 cm³/mol. The highest BCUT2D eigenvalue weighted by atomic mass is 15.2. The Bertz CT molecular complexity index is 2020. The van der Waals surface area contributed by atoms with Gasteiger partial charge < -0.3 is 9.38 Å². The van der Waals surface area contributed by atoms with E-state index in [-0.39, 0.29) is 17.7 Å². The first kappa shape index (κ1) is 24.6. The van der Waals surface area contributed by atoms with Crippen LogP contribution in [0.4, 0.5) is 17.1 Å². The molecule has 0 fully saturated rings. The Morgan fingerprint density at radius 3 is 2.00 bits per heavy atom. The molecule has 2 aliphatic rings. The van der Waals surface area contributed by atoms with Gasteiger partial charge >= 0.3 is 6.85 Å². The van der Waals surface area contributed by atoms with Gasteiger partial charge in [-0.1, -0.05) is 108 Å². The molecule has 1 aromatic heterocycles. The van der Waals surface area contributed by atoms with Gasteiger partial charge in [0.1, 0.15) is 0 Å². The quantitative estimate of drug-likeness (QED) is 0.193. The number of aromatic nitrogens is 1. The van der Waals surface area contributed by atoms with Crippen molar-refractivity contribution in [3.63, 3.8) is 0 Å². The lowest BCUT2D eigenvalue weighted by Crippen LogP contribution is -2.56. The maximum atomic E-state index is 2.65. The lowest BCUT2D eigenvalue weighted by molar-refractivity contribution is 0.590. The molecule has 0 aliphatic carbocycles. The molecule has 2 aliphatic heterocycles. The molecule has 5 aromatic carbocycles. The summed E-state index contributed by atoms with van der Waals surface area (Å²) < 4.78 is 2.65. The molecule has 41 heavy (non-hydrogen) atoms. The van der Waals surface area contributed by atoms with Gasteiger partial charge in [-0.2, -0.15) is 0 Å². The van der Waals surface area contributed by atoms with Gasteiger partial charge in [0.05, 0.1) is 0 Å². The molecule has 200 valence electrons. The fourth-order valence-corrected chi connectivity index (χ4v) is 7.17. The van der Waals surface area contributed by atoms with Crippen molar-refractivity contribution in [3.05, 3.63) is 114 Å². The fourth-order valence-electron chi connectivity index (χ4n) is 7.17. The number of hydrogen-bond donors (Lipinski definition) is 0. The van der Waals surface area contributed by atoms with Crippen LogP contribution in [-0.2, 0) is 10.8 Å². The fraction of sp³-hybridized carbons (Fsp3) is 0.211. The lowest BCUT2D eigenvalue weighted by Gasteiger charge is -2.41. The predicted octanol–water partition coefficient (Wildman–Crippen LogP) is 8.81. The summed E-state index contributed by atoms with van der Waals surface area (Å²) in [7, 11) is 0. The van der Waals surface area contributed by atoms with E-state index in [0.717, 1.165) is 0 Å². The molecule has 0 spiro atoms. The minimum Gasteiger partial charge on any atom is -0.375 e. The third-order valence-corrected chi connectivity index (χ3v) is 9.28. The van der Waals surface area contributed by atoms with Crippen molar-refractivity contribution < 1.29 is 0 Å². The molecule has 0 saturated carbocycles. The normalized spacial score (nSPS) is 14.0. The number of hydrogen-bond acceptors (Lipinski definition) is 1. The molecule has 0 atom stereocenters. The number of anilines is 3. The van der Waals surface area contributed by atoms with Gasteiger partial charge in [-0.05, 0) is 74.8 Å². The number of benzene rings is 5. The first-order valence-electron chi connectivity index (χ1n) is 14.8. The Morgan fingerprint density at radius 1 is 0.561 bits per heavy atom. The zero-order valence-corrected chi connectivity index (χ0v) is 24.8. The second kappa shape index (κ2) is 8.16. The van der Waals surface area contributed by atoms with Crippen molar-refractivity contribution in [1.82, 2.24) is 4.48 Å². The van der Waals surface area contributed by atoms with Crippen molar-refractivity contribution >= 4 is 56.6 Å². The summed E-state index contributed by atoms with van der Waals surface area (Å²) in [4.78, 5) is 2.49. The van der Waals surface area contributed by atoms with Crippen LogP contribution in [0.2, 0.25) is 0 Å². The summed E-state index contributed by atoms with van der Waals surface area (Å²) in [5, 5.41) is 2.69. The Kier molecular flexibility index (Phi) is 4.89. The van der Waals surface area contributed by atoms with Gasteiger partial charge in [0.15, 0.2) is 0 Å². The molecular formula is C38H35BN2. The molecule has 0 saturated heterocycles. The molecule has 0 N–H and O–H groups in total. The smallest absolute Gasteiger partial charge is 0.333 e. The first-order valence-corrected chi connectivity index (χ1v) is 14.8. The van der Waals surface area contributed by atoms with Gasteiger partial charge in [0, 0.05) is 44.4 Å². The third-order valence-electron chi connectivity index (χ3n) is 9.28. The molecule has 8 rings (SSSR count). The Labute approximate surface area is 243 Å². The van der Waals surface area contributed by atoms with Crippen LogP contribution in [-0.4, -0.2) is 11.3 Å². The SMILES string of the molecule is CC(C)(C)c1ccc2c(c1)N(c1ccccc1)c1cccc3c1B2n1c2ccc(C(C)(C)C)cc2c2cccc-3c21. The summed E-state index contributed by atoms with van der Waals surface area (Å²) in [6.07, 6.45) is 0. The third kappa shape index (κ3) is 3.38. The van der Waals surface area contributed by atoms with E-state index in [4.69, 9.17) is 0 Å². The molecule has 0 radical (unpaired) electrons. The van der Waals surface area contributed by atoms with Gasteiger partial charge in [0.25, 0.3) is 0 Å². The van der Waals surface area contributed by atoms with Crippen molar-refractivity contribution in [2.75, 3.05) is 4.90 Å². The van der Waals surface area contributed by atoms with Gasteiger partial charge in [0.2, 0.25) is 0 Å². The van der Waals surface area contributed by atoms with Crippen LogP contribution in [0.15, 0.2) is 103 Å². The first-order chi connectivity index (χ1) is 19.6. The molecule has 3 heteroatoms. The Morgan fingerprint density at radius 2 is 1.24 bits per heavy atom. The van der Waals surface area contributed by atoms with E-state index in [9.17, 15) is 0 Å². The molecule has 6 aromatic rings. The van der Waals surface area contributed by atoms with Crippen LogP contribution in [0.1, 0.15) is 52.7 Å². The van der Waals surface area contributed by atoms with E-state index in [2.05, 4.69) is 154 Å².